The maximum Gasteiger partial charge on any atom is 0.573 e. The van der Waals surface area contributed by atoms with E-state index in [2.05, 4.69) is 30.3 Å². The van der Waals surface area contributed by atoms with Crippen molar-refractivity contribution in [3.05, 3.63) is 89.7 Å². The van der Waals surface area contributed by atoms with Gasteiger partial charge in [0.1, 0.15) is 12.1 Å². The molecule has 1 fully saturated rings. The van der Waals surface area contributed by atoms with Crippen LogP contribution in [0.1, 0.15) is 23.6 Å². The number of carbonyl (C=O) groups is 2. The molecule has 43 heavy (non-hydrogen) atoms. The van der Waals surface area contributed by atoms with Crippen LogP contribution in [0.3, 0.4) is 0 Å². The summed E-state index contributed by atoms with van der Waals surface area (Å²) >= 11 is 1.19. The maximum absolute atomic E-state index is 12.5. The molecular formula is C29H24F3N7O3S. The fraction of sp³-hybridized carbons (Fsp3) is 0.172. The molecule has 0 bridgehead atoms. The average molecular weight is 608 g/mol. The molecule has 0 aliphatic carbocycles. The topological polar surface area (TPSA) is 114 Å². The first kappa shape index (κ1) is 29.5. The van der Waals surface area contributed by atoms with Crippen molar-refractivity contribution < 1.29 is 27.5 Å². The molecule has 0 atom stereocenters. The van der Waals surface area contributed by atoms with E-state index in [4.69, 9.17) is 0 Å². The Bertz CT molecular complexity index is 1720. The largest absolute Gasteiger partial charge is 0.573 e. The molecule has 0 spiro atoms. The summed E-state index contributed by atoms with van der Waals surface area (Å²) < 4.78 is 42.5. The molecule has 1 aromatic heterocycles. The Balaban J connectivity index is 1.23. The third kappa shape index (κ3) is 7.09. The Morgan fingerprint density at radius 3 is 2.63 bits per heavy atom. The number of hydrazone groups is 1. The van der Waals surface area contributed by atoms with E-state index in [0.717, 1.165) is 23.1 Å². The molecule has 3 aromatic carbocycles. The molecular weight excluding hydrogens is 583 g/mol. The highest BCUT2D eigenvalue weighted by atomic mass is 32.2. The minimum absolute atomic E-state index is 0.149. The Morgan fingerprint density at radius 1 is 1.14 bits per heavy atom. The highest BCUT2D eigenvalue weighted by molar-refractivity contribution is 8.15. The Hall–Kier alpha value is -4.98. The number of ether oxygens (including phenoxy) is 1. The molecule has 0 unspecified atom stereocenters. The van der Waals surface area contributed by atoms with Crippen molar-refractivity contribution >= 4 is 40.8 Å². The number of amides is 3. The summed E-state index contributed by atoms with van der Waals surface area (Å²) in [6, 6.07) is 17.4. The van der Waals surface area contributed by atoms with E-state index in [-0.39, 0.29) is 22.6 Å². The van der Waals surface area contributed by atoms with Gasteiger partial charge in [0.05, 0.1) is 23.3 Å². The fourth-order valence-electron chi connectivity index (χ4n) is 4.26. The number of anilines is 1. The summed E-state index contributed by atoms with van der Waals surface area (Å²) in [4.78, 5) is 34.9. The lowest BCUT2D eigenvalue weighted by Gasteiger charge is -2.18. The van der Waals surface area contributed by atoms with Gasteiger partial charge in [-0.15, -0.1) is 18.3 Å². The van der Waals surface area contributed by atoms with Gasteiger partial charge >= 0.3 is 12.4 Å². The molecule has 1 aliphatic heterocycles. The quantitative estimate of drug-likeness (QED) is 0.207. The Morgan fingerprint density at radius 2 is 1.91 bits per heavy atom. The van der Waals surface area contributed by atoms with E-state index in [9.17, 15) is 22.8 Å². The molecule has 14 heteroatoms. The van der Waals surface area contributed by atoms with Gasteiger partial charge in [0, 0.05) is 5.56 Å². The number of nitrogens with zero attached hydrogens (tertiary/aromatic N) is 6. The van der Waals surface area contributed by atoms with Crippen molar-refractivity contribution in [1.82, 2.24) is 20.2 Å². The van der Waals surface area contributed by atoms with Crippen LogP contribution in [0.4, 0.5) is 23.7 Å². The monoisotopic (exact) mass is 607 g/mol. The number of urea groups is 1. The van der Waals surface area contributed by atoms with Crippen LogP contribution in [0.25, 0.3) is 17.1 Å². The lowest BCUT2D eigenvalue weighted by atomic mass is 10.1. The van der Waals surface area contributed by atoms with Gasteiger partial charge in [0.2, 0.25) is 5.91 Å². The number of halogens is 3. The molecule has 3 amide bonds. The zero-order chi connectivity index (χ0) is 30.6. The van der Waals surface area contributed by atoms with Gasteiger partial charge in [-0.3, -0.25) is 9.69 Å². The first-order valence-electron chi connectivity index (χ1n) is 13.0. The van der Waals surface area contributed by atoms with E-state index < -0.39 is 12.4 Å². The number of nitrogens with one attached hydrogen (secondary N) is 1. The number of aliphatic imine (C=N–C) groups is 1. The molecule has 1 N–H and O–H groups in total. The van der Waals surface area contributed by atoms with Crippen molar-refractivity contribution in [3.63, 3.8) is 0 Å². The minimum atomic E-state index is -4.77. The predicted octanol–water partition coefficient (Wildman–Crippen LogP) is 5.88. The van der Waals surface area contributed by atoms with Gasteiger partial charge < -0.3 is 4.74 Å². The van der Waals surface area contributed by atoms with E-state index >= 15 is 0 Å². The molecule has 4 aromatic rings. The predicted molar refractivity (Wildman–Crippen MR) is 158 cm³/mol. The molecule has 220 valence electrons. The van der Waals surface area contributed by atoms with Crippen molar-refractivity contribution in [2.24, 2.45) is 10.1 Å². The third-order valence-corrected chi connectivity index (χ3v) is 7.22. The van der Waals surface area contributed by atoms with Crippen LogP contribution in [0.5, 0.6) is 5.75 Å². The molecule has 10 nitrogen and oxygen atoms in total. The molecule has 2 heterocycles. The second kappa shape index (κ2) is 12.5. The average Bonchev–Trinajstić information content (AvgIpc) is 3.60. The highest BCUT2D eigenvalue weighted by Gasteiger charge is 2.32. The van der Waals surface area contributed by atoms with Gasteiger partial charge in [0.15, 0.2) is 11.0 Å². The van der Waals surface area contributed by atoms with Crippen molar-refractivity contribution in [2.75, 3.05) is 10.7 Å². The van der Waals surface area contributed by atoms with Crippen LogP contribution in [-0.2, 0) is 11.2 Å². The van der Waals surface area contributed by atoms with Crippen LogP contribution in [-0.4, -0.2) is 50.2 Å². The van der Waals surface area contributed by atoms with Crippen LogP contribution < -0.4 is 15.1 Å². The van der Waals surface area contributed by atoms with Crippen LogP contribution in [0.2, 0.25) is 0 Å². The van der Waals surface area contributed by atoms with E-state index in [1.807, 2.05) is 44.2 Å². The van der Waals surface area contributed by atoms with Gasteiger partial charge in [0.25, 0.3) is 0 Å². The zero-order valence-corrected chi connectivity index (χ0v) is 23.7. The van der Waals surface area contributed by atoms with Gasteiger partial charge in [-0.25, -0.2) is 19.9 Å². The summed E-state index contributed by atoms with van der Waals surface area (Å²) in [5, 5.41) is 8.71. The number of rotatable bonds is 7. The highest BCUT2D eigenvalue weighted by Crippen LogP contribution is 2.30. The number of aromatic nitrogens is 3. The molecule has 1 aliphatic rings. The number of carbonyl (C=O) groups excluding carboxylic acids is 2. The second-order valence-electron chi connectivity index (χ2n) is 9.20. The van der Waals surface area contributed by atoms with Crippen LogP contribution in [0, 0.1) is 6.92 Å². The van der Waals surface area contributed by atoms with Crippen LogP contribution >= 0.6 is 11.8 Å². The molecule has 5 rings (SSSR count). The first-order valence-corrected chi connectivity index (χ1v) is 13.9. The van der Waals surface area contributed by atoms with E-state index in [0.29, 0.717) is 22.8 Å². The summed E-state index contributed by atoms with van der Waals surface area (Å²) in [7, 11) is 0. The summed E-state index contributed by atoms with van der Waals surface area (Å²) in [6.07, 6.45) is -1.11. The normalized spacial score (nSPS) is 14.6. The number of hydrogen-bond donors (Lipinski definition) is 1. The number of para-hydroxylation sites is 1. The molecule has 0 saturated carbocycles. The maximum atomic E-state index is 12.5. The number of aryl methyl sites for hydroxylation is 2. The number of amidine groups is 1. The smallest absolute Gasteiger partial charge is 0.406 e. The summed E-state index contributed by atoms with van der Waals surface area (Å²) in [5.74, 6) is 0.115. The number of benzene rings is 3. The number of thioether (sulfide) groups is 1. The molecule has 1 saturated heterocycles. The number of hydrogen-bond acceptors (Lipinski definition) is 7. The van der Waals surface area contributed by atoms with Crippen LogP contribution in [0.15, 0.2) is 83.2 Å². The Labute approximate surface area is 248 Å². The summed E-state index contributed by atoms with van der Waals surface area (Å²) in [5.41, 5.74) is 6.81. The third-order valence-electron chi connectivity index (χ3n) is 6.29. The fourth-order valence-corrected chi connectivity index (χ4v) is 5.12. The summed E-state index contributed by atoms with van der Waals surface area (Å²) in [6.45, 7) is 3.85. The van der Waals surface area contributed by atoms with E-state index in [1.165, 1.54) is 58.2 Å². The van der Waals surface area contributed by atoms with Gasteiger partial charge in [-0.1, -0.05) is 49.0 Å². The molecule has 0 radical (unpaired) electrons. The Kier molecular flexibility index (Phi) is 8.57. The van der Waals surface area contributed by atoms with Crippen molar-refractivity contribution in [3.8, 4) is 22.8 Å². The standard InChI is InChI=1S/C29H24F3N7O3S/c1-3-19-6-4-5-7-24(19)39-25(40)16-43-28(39)35-27(41)36-34-15-21-9-8-20(14-18(21)2)26-33-17-38(37-26)22-10-12-23(13-11-22)42-29(30,31)32/h4-15,17H,3,16H2,1-2H3,(H,36,41)/b34-15+,35-28?. The second-order valence-corrected chi connectivity index (χ2v) is 10.1. The first-order chi connectivity index (χ1) is 20.6. The SMILES string of the molecule is CCc1ccccc1N1C(=O)CSC1=NC(=O)N/N=C/c1ccc(-c2ncn(-c3ccc(OC(F)(F)F)cc3)n2)cc1C. The van der Waals surface area contributed by atoms with Crippen molar-refractivity contribution in [2.45, 2.75) is 26.6 Å². The zero-order valence-electron chi connectivity index (χ0n) is 22.9. The van der Waals surface area contributed by atoms with Gasteiger partial charge in [-0.2, -0.15) is 10.1 Å². The lowest BCUT2D eigenvalue weighted by Crippen LogP contribution is -2.31. The van der Waals surface area contributed by atoms with Crippen molar-refractivity contribution in [1.29, 1.82) is 0 Å². The lowest BCUT2D eigenvalue weighted by molar-refractivity contribution is -0.274. The van der Waals surface area contributed by atoms with Gasteiger partial charge in [-0.05, 0) is 66.4 Å². The minimum Gasteiger partial charge on any atom is -0.406 e. The number of alkyl halides is 3. The van der Waals surface area contributed by atoms with E-state index in [1.54, 1.807) is 12.1 Å².